The number of amides is 1. The molecule has 0 radical (unpaired) electrons. The maximum atomic E-state index is 12.6. The molecule has 0 aliphatic rings. The second kappa shape index (κ2) is 9.41. The molecule has 0 aliphatic heterocycles. The van der Waals surface area contributed by atoms with Gasteiger partial charge in [0.2, 0.25) is 0 Å². The molecule has 0 saturated heterocycles. The van der Waals surface area contributed by atoms with Crippen LogP contribution in [-0.4, -0.2) is 29.1 Å². The van der Waals surface area contributed by atoms with Crippen molar-refractivity contribution in [2.45, 2.75) is 13.0 Å². The molecule has 5 nitrogen and oxygen atoms in total. The molecule has 0 saturated carbocycles. The van der Waals surface area contributed by atoms with Crippen LogP contribution in [0, 0.1) is 0 Å². The Bertz CT molecular complexity index is 1220. The van der Waals surface area contributed by atoms with Crippen LogP contribution in [0.2, 0.25) is 10.0 Å². The predicted molar refractivity (Wildman–Crippen MR) is 124 cm³/mol. The summed E-state index contributed by atoms with van der Waals surface area (Å²) < 4.78 is 7.37. The fourth-order valence-corrected chi connectivity index (χ4v) is 4.07. The Balaban J connectivity index is 1.57. The van der Waals surface area contributed by atoms with Gasteiger partial charge >= 0.3 is 0 Å². The van der Waals surface area contributed by atoms with Crippen molar-refractivity contribution in [3.05, 3.63) is 93.7 Å². The van der Waals surface area contributed by atoms with Gasteiger partial charge < -0.3 is 14.6 Å². The zero-order valence-corrected chi connectivity index (χ0v) is 18.5. The molecule has 0 fully saturated rings. The summed E-state index contributed by atoms with van der Waals surface area (Å²) in [6, 6.07) is 20.5. The third-order valence-corrected chi connectivity index (χ3v) is 5.81. The van der Waals surface area contributed by atoms with Crippen molar-refractivity contribution in [2.75, 3.05) is 13.7 Å². The minimum absolute atomic E-state index is 0.186. The Morgan fingerprint density at radius 1 is 1.00 bits per heavy atom. The molecule has 158 valence electrons. The van der Waals surface area contributed by atoms with Crippen molar-refractivity contribution in [1.82, 2.24) is 14.9 Å². The summed E-state index contributed by atoms with van der Waals surface area (Å²) in [7, 11) is 1.55. The van der Waals surface area contributed by atoms with Gasteiger partial charge in [0.15, 0.2) is 0 Å². The van der Waals surface area contributed by atoms with E-state index < -0.39 is 0 Å². The van der Waals surface area contributed by atoms with E-state index in [2.05, 4.69) is 9.88 Å². The fourth-order valence-electron chi connectivity index (χ4n) is 3.55. The zero-order valence-electron chi connectivity index (χ0n) is 16.9. The molecule has 4 aromatic rings. The van der Waals surface area contributed by atoms with Crippen molar-refractivity contribution in [3.63, 3.8) is 0 Å². The van der Waals surface area contributed by atoms with Crippen LogP contribution in [0.1, 0.15) is 21.7 Å². The summed E-state index contributed by atoms with van der Waals surface area (Å²) in [4.78, 5) is 17.4. The Morgan fingerprint density at radius 3 is 2.48 bits per heavy atom. The lowest BCUT2D eigenvalue weighted by Gasteiger charge is -2.13. The highest BCUT2D eigenvalue weighted by Gasteiger charge is 2.15. The summed E-state index contributed by atoms with van der Waals surface area (Å²) in [6.45, 7) is 0.922. The number of nitrogens with one attached hydrogen (secondary N) is 1. The molecule has 0 aliphatic carbocycles. The second-order valence-corrected chi connectivity index (χ2v) is 7.82. The van der Waals surface area contributed by atoms with E-state index in [1.54, 1.807) is 19.2 Å². The van der Waals surface area contributed by atoms with Crippen LogP contribution in [0.15, 0.2) is 66.7 Å². The number of imidazole rings is 1. The van der Waals surface area contributed by atoms with Gasteiger partial charge in [0.25, 0.3) is 5.91 Å². The lowest BCUT2D eigenvalue weighted by Crippen LogP contribution is -2.27. The van der Waals surface area contributed by atoms with E-state index in [-0.39, 0.29) is 5.91 Å². The molecule has 1 heterocycles. The van der Waals surface area contributed by atoms with Crippen LogP contribution in [0.4, 0.5) is 0 Å². The Hall–Kier alpha value is -3.02. The molecule has 1 N–H and O–H groups in total. The quantitative estimate of drug-likeness (QED) is 0.408. The molecule has 0 bridgehead atoms. The van der Waals surface area contributed by atoms with Gasteiger partial charge in [0, 0.05) is 28.6 Å². The smallest absolute Gasteiger partial charge is 0.255 e. The SMILES string of the molecule is COc1ccccc1C(=O)NCCc1nc2ccccc2n1Cc1c(Cl)cccc1Cl. The third-order valence-electron chi connectivity index (χ3n) is 5.10. The molecule has 1 amide bonds. The van der Waals surface area contributed by atoms with E-state index in [1.807, 2.05) is 54.6 Å². The number of aromatic nitrogens is 2. The summed E-state index contributed by atoms with van der Waals surface area (Å²) >= 11 is 12.8. The van der Waals surface area contributed by atoms with Gasteiger partial charge in [-0.25, -0.2) is 4.98 Å². The summed E-state index contributed by atoms with van der Waals surface area (Å²) in [5.41, 5.74) is 3.22. The summed E-state index contributed by atoms with van der Waals surface area (Å²) in [5, 5.41) is 4.18. The first kappa shape index (κ1) is 21.2. The Labute approximate surface area is 190 Å². The van der Waals surface area contributed by atoms with Gasteiger partial charge in [-0.1, -0.05) is 53.5 Å². The standard InChI is InChI=1S/C24H21Cl2N3O2/c1-31-22-12-5-2-7-16(22)24(30)27-14-13-23-28-20-10-3-4-11-21(20)29(23)15-17-18(25)8-6-9-19(17)26/h2-12H,13-15H2,1H3,(H,27,30). The van der Waals surface area contributed by atoms with Crippen molar-refractivity contribution in [2.24, 2.45) is 0 Å². The highest BCUT2D eigenvalue weighted by molar-refractivity contribution is 6.36. The maximum Gasteiger partial charge on any atom is 0.255 e. The van der Waals surface area contributed by atoms with Gasteiger partial charge in [0.1, 0.15) is 11.6 Å². The van der Waals surface area contributed by atoms with E-state index in [9.17, 15) is 4.79 Å². The second-order valence-electron chi connectivity index (χ2n) is 7.01. The van der Waals surface area contributed by atoms with Gasteiger partial charge in [-0.15, -0.1) is 0 Å². The van der Waals surface area contributed by atoms with Crippen LogP contribution in [0.25, 0.3) is 11.0 Å². The fraction of sp³-hybridized carbons (Fsp3) is 0.167. The largest absolute Gasteiger partial charge is 0.496 e. The third kappa shape index (κ3) is 4.53. The molecule has 3 aromatic carbocycles. The van der Waals surface area contributed by atoms with Gasteiger partial charge in [-0.3, -0.25) is 4.79 Å². The number of benzene rings is 3. The summed E-state index contributed by atoms with van der Waals surface area (Å²) in [6.07, 6.45) is 0.553. The highest BCUT2D eigenvalue weighted by Crippen LogP contribution is 2.27. The van der Waals surface area contributed by atoms with Crippen molar-refractivity contribution < 1.29 is 9.53 Å². The Kier molecular flexibility index (Phi) is 6.44. The van der Waals surface area contributed by atoms with Crippen LogP contribution in [-0.2, 0) is 13.0 Å². The van der Waals surface area contributed by atoms with Gasteiger partial charge in [0.05, 0.1) is 30.3 Å². The number of nitrogens with zero attached hydrogens (tertiary/aromatic N) is 2. The van der Waals surface area contributed by atoms with E-state index in [0.29, 0.717) is 40.9 Å². The van der Waals surface area contributed by atoms with Crippen molar-refractivity contribution in [3.8, 4) is 5.75 Å². The minimum Gasteiger partial charge on any atom is -0.496 e. The number of halogens is 2. The molecular formula is C24H21Cl2N3O2. The molecule has 0 unspecified atom stereocenters. The van der Waals surface area contributed by atoms with Crippen molar-refractivity contribution in [1.29, 1.82) is 0 Å². The predicted octanol–water partition coefficient (Wildman–Crippen LogP) is 5.37. The Morgan fingerprint density at radius 2 is 1.71 bits per heavy atom. The number of hydrogen-bond donors (Lipinski definition) is 1. The topological polar surface area (TPSA) is 56.1 Å². The maximum absolute atomic E-state index is 12.6. The van der Waals surface area contributed by atoms with Crippen LogP contribution < -0.4 is 10.1 Å². The average molecular weight is 454 g/mol. The van der Waals surface area contributed by atoms with E-state index in [1.165, 1.54) is 0 Å². The van der Waals surface area contributed by atoms with Gasteiger partial charge in [-0.2, -0.15) is 0 Å². The van der Waals surface area contributed by atoms with Crippen LogP contribution in [0.5, 0.6) is 5.75 Å². The molecule has 0 spiro atoms. The highest BCUT2D eigenvalue weighted by atomic mass is 35.5. The number of ether oxygens (including phenoxy) is 1. The molecule has 31 heavy (non-hydrogen) atoms. The molecule has 0 atom stereocenters. The van der Waals surface area contributed by atoms with E-state index in [4.69, 9.17) is 32.9 Å². The first-order chi connectivity index (χ1) is 15.1. The van der Waals surface area contributed by atoms with Crippen molar-refractivity contribution >= 4 is 40.1 Å². The minimum atomic E-state index is -0.186. The van der Waals surface area contributed by atoms with E-state index in [0.717, 1.165) is 22.4 Å². The lowest BCUT2D eigenvalue weighted by molar-refractivity contribution is 0.0951. The lowest BCUT2D eigenvalue weighted by atomic mass is 10.2. The average Bonchev–Trinajstić information content (AvgIpc) is 3.13. The first-order valence-electron chi connectivity index (χ1n) is 9.86. The normalized spacial score (nSPS) is 10.9. The summed E-state index contributed by atoms with van der Waals surface area (Å²) in [5.74, 6) is 1.20. The number of methoxy groups -OCH3 is 1. The van der Waals surface area contributed by atoms with E-state index >= 15 is 0 Å². The number of rotatable bonds is 7. The van der Waals surface area contributed by atoms with Crippen LogP contribution in [0.3, 0.4) is 0 Å². The number of hydrogen-bond acceptors (Lipinski definition) is 3. The first-order valence-corrected chi connectivity index (χ1v) is 10.6. The van der Waals surface area contributed by atoms with Crippen LogP contribution >= 0.6 is 23.2 Å². The monoisotopic (exact) mass is 453 g/mol. The number of carbonyl (C=O) groups excluding carboxylic acids is 1. The van der Waals surface area contributed by atoms with Gasteiger partial charge in [-0.05, 0) is 36.4 Å². The molecule has 4 rings (SSSR count). The number of carbonyl (C=O) groups is 1. The molecular weight excluding hydrogens is 433 g/mol. The number of fused-ring (bicyclic) bond motifs is 1. The number of para-hydroxylation sites is 3. The molecule has 1 aromatic heterocycles. The zero-order chi connectivity index (χ0) is 21.8. The molecule has 7 heteroatoms.